The zero-order chi connectivity index (χ0) is 16.7. The summed E-state index contributed by atoms with van der Waals surface area (Å²) < 4.78 is 5.66. The standard InChI is InChI=1S/C19H26O3/c1-7-8-13-12(4)16(10-15(13)20)22-18(21)17-14(9-11(2)3)19(17,5)6/h7-9,14,16-17H,10H2,1-6H3/t14-,16?,17+/m1/s1. The van der Waals surface area contributed by atoms with Crippen molar-refractivity contribution in [2.24, 2.45) is 17.3 Å². The molecular weight excluding hydrogens is 276 g/mol. The van der Waals surface area contributed by atoms with E-state index in [1.54, 1.807) is 6.08 Å². The van der Waals surface area contributed by atoms with Crippen LogP contribution in [-0.4, -0.2) is 17.9 Å². The summed E-state index contributed by atoms with van der Waals surface area (Å²) in [5.74, 6) is 0.0214. The molecule has 0 heterocycles. The predicted molar refractivity (Wildman–Crippen MR) is 87.2 cm³/mol. The van der Waals surface area contributed by atoms with Crippen molar-refractivity contribution in [1.82, 2.24) is 0 Å². The topological polar surface area (TPSA) is 43.4 Å². The molecular formula is C19H26O3. The van der Waals surface area contributed by atoms with Gasteiger partial charge in [0.25, 0.3) is 0 Å². The first kappa shape index (κ1) is 16.7. The van der Waals surface area contributed by atoms with Crippen LogP contribution < -0.4 is 0 Å². The Labute approximate surface area is 133 Å². The Morgan fingerprint density at radius 1 is 1.32 bits per heavy atom. The molecule has 120 valence electrons. The minimum Gasteiger partial charge on any atom is -0.457 e. The van der Waals surface area contributed by atoms with Gasteiger partial charge in [0.15, 0.2) is 5.78 Å². The second kappa shape index (κ2) is 5.86. The molecule has 0 radical (unpaired) electrons. The first-order valence-corrected chi connectivity index (χ1v) is 7.92. The second-order valence-electron chi connectivity index (χ2n) is 7.22. The van der Waals surface area contributed by atoms with E-state index in [0.717, 1.165) is 5.57 Å². The highest BCUT2D eigenvalue weighted by Crippen LogP contribution is 2.60. The lowest BCUT2D eigenvalue weighted by atomic mass is 10.1. The minimum absolute atomic E-state index is 0.0548. The fourth-order valence-electron chi connectivity index (χ4n) is 3.36. The predicted octanol–water partition coefficient (Wildman–Crippen LogP) is 4.00. The summed E-state index contributed by atoms with van der Waals surface area (Å²) in [6.45, 7) is 12.0. The largest absolute Gasteiger partial charge is 0.457 e. The third-order valence-electron chi connectivity index (χ3n) is 4.85. The zero-order valence-electron chi connectivity index (χ0n) is 14.4. The molecule has 0 aromatic heterocycles. The molecule has 3 nitrogen and oxygen atoms in total. The maximum absolute atomic E-state index is 12.5. The highest BCUT2D eigenvalue weighted by atomic mass is 16.5. The maximum Gasteiger partial charge on any atom is 0.310 e. The number of hydrogen-bond acceptors (Lipinski definition) is 3. The van der Waals surface area contributed by atoms with E-state index in [-0.39, 0.29) is 35.4 Å². The number of ether oxygens (including phenoxy) is 1. The van der Waals surface area contributed by atoms with Crippen molar-refractivity contribution in [3.05, 3.63) is 34.9 Å². The number of rotatable bonds is 4. The Bertz CT molecular complexity index is 586. The van der Waals surface area contributed by atoms with Crippen molar-refractivity contribution in [2.45, 2.75) is 54.1 Å². The fourth-order valence-corrected chi connectivity index (χ4v) is 3.36. The Balaban J connectivity index is 2.09. The molecule has 0 aliphatic heterocycles. The minimum atomic E-state index is -0.394. The van der Waals surface area contributed by atoms with Gasteiger partial charge in [-0.25, -0.2) is 0 Å². The molecule has 2 aliphatic carbocycles. The molecule has 1 saturated carbocycles. The number of esters is 1. The van der Waals surface area contributed by atoms with Gasteiger partial charge >= 0.3 is 5.97 Å². The van der Waals surface area contributed by atoms with Crippen LogP contribution in [0, 0.1) is 17.3 Å². The van der Waals surface area contributed by atoms with Crippen molar-refractivity contribution < 1.29 is 14.3 Å². The third kappa shape index (κ3) is 2.94. The van der Waals surface area contributed by atoms with Crippen molar-refractivity contribution in [1.29, 1.82) is 0 Å². The molecule has 22 heavy (non-hydrogen) atoms. The van der Waals surface area contributed by atoms with Crippen LogP contribution in [0.15, 0.2) is 34.9 Å². The van der Waals surface area contributed by atoms with E-state index in [1.165, 1.54) is 5.57 Å². The van der Waals surface area contributed by atoms with E-state index >= 15 is 0 Å². The van der Waals surface area contributed by atoms with Gasteiger partial charge in [0.2, 0.25) is 0 Å². The average molecular weight is 302 g/mol. The molecule has 3 heteroatoms. The number of carbonyl (C=O) groups is 2. The average Bonchev–Trinajstić information content (AvgIpc) is 2.83. The van der Waals surface area contributed by atoms with Crippen molar-refractivity contribution in [3.8, 4) is 0 Å². The number of carbonyl (C=O) groups excluding carboxylic acids is 2. The van der Waals surface area contributed by atoms with Gasteiger partial charge < -0.3 is 4.74 Å². The van der Waals surface area contributed by atoms with E-state index in [1.807, 2.05) is 33.8 Å². The summed E-state index contributed by atoms with van der Waals surface area (Å²) in [6, 6.07) is 0. The lowest BCUT2D eigenvalue weighted by Crippen LogP contribution is -2.20. The molecule has 2 aliphatic rings. The summed E-state index contributed by atoms with van der Waals surface area (Å²) in [4.78, 5) is 24.5. The molecule has 0 N–H and O–H groups in total. The van der Waals surface area contributed by atoms with Gasteiger partial charge in [0.05, 0.1) is 12.3 Å². The zero-order valence-corrected chi connectivity index (χ0v) is 14.4. The first-order chi connectivity index (χ1) is 10.2. The Morgan fingerprint density at radius 2 is 1.95 bits per heavy atom. The number of allylic oxidation sites excluding steroid dienone is 5. The van der Waals surface area contributed by atoms with Gasteiger partial charge in [0, 0.05) is 5.57 Å². The highest BCUT2D eigenvalue weighted by Gasteiger charge is 2.61. The van der Waals surface area contributed by atoms with E-state index in [9.17, 15) is 9.59 Å². The molecule has 2 rings (SSSR count). The first-order valence-electron chi connectivity index (χ1n) is 7.92. The van der Waals surface area contributed by atoms with E-state index in [2.05, 4.69) is 19.9 Å². The SMILES string of the molecule is CC=CC1=C(C)C(OC(=O)[C@@H]2[C@@H](C=C(C)C)C2(C)C)CC1=O. The van der Waals surface area contributed by atoms with Gasteiger partial charge in [-0.05, 0) is 44.6 Å². The van der Waals surface area contributed by atoms with Gasteiger partial charge in [0.1, 0.15) is 6.10 Å². The summed E-state index contributed by atoms with van der Waals surface area (Å²) in [5, 5.41) is 0. The van der Waals surface area contributed by atoms with Gasteiger partial charge in [-0.3, -0.25) is 9.59 Å². The normalized spacial score (nSPS) is 29.9. The monoisotopic (exact) mass is 302 g/mol. The summed E-state index contributed by atoms with van der Waals surface area (Å²) >= 11 is 0. The number of hydrogen-bond donors (Lipinski definition) is 0. The Kier molecular flexibility index (Phi) is 4.46. The third-order valence-corrected chi connectivity index (χ3v) is 4.85. The van der Waals surface area contributed by atoms with Crippen LogP contribution in [0.25, 0.3) is 0 Å². The molecule has 0 amide bonds. The quantitative estimate of drug-likeness (QED) is 0.582. The van der Waals surface area contributed by atoms with E-state index in [4.69, 9.17) is 4.74 Å². The van der Waals surface area contributed by atoms with Crippen molar-refractivity contribution >= 4 is 11.8 Å². The van der Waals surface area contributed by atoms with Crippen LogP contribution in [0.3, 0.4) is 0 Å². The van der Waals surface area contributed by atoms with Gasteiger partial charge in [-0.2, -0.15) is 0 Å². The van der Waals surface area contributed by atoms with Crippen LogP contribution in [0.4, 0.5) is 0 Å². The maximum atomic E-state index is 12.5. The molecule has 1 fully saturated rings. The smallest absolute Gasteiger partial charge is 0.310 e. The summed E-state index contributed by atoms with van der Waals surface area (Å²) in [7, 11) is 0. The van der Waals surface area contributed by atoms with Crippen LogP contribution in [0.2, 0.25) is 0 Å². The van der Waals surface area contributed by atoms with Crippen LogP contribution >= 0.6 is 0 Å². The van der Waals surface area contributed by atoms with Gasteiger partial charge in [-0.1, -0.05) is 37.6 Å². The lowest BCUT2D eigenvalue weighted by molar-refractivity contribution is -0.150. The summed E-state index contributed by atoms with van der Waals surface area (Å²) in [6.07, 6.45) is 5.68. The van der Waals surface area contributed by atoms with Crippen molar-refractivity contribution in [2.75, 3.05) is 0 Å². The van der Waals surface area contributed by atoms with Gasteiger partial charge in [-0.15, -0.1) is 0 Å². The highest BCUT2D eigenvalue weighted by molar-refractivity contribution is 6.02. The van der Waals surface area contributed by atoms with Crippen LogP contribution in [0.1, 0.15) is 48.0 Å². The Hall–Kier alpha value is -1.64. The van der Waals surface area contributed by atoms with Crippen molar-refractivity contribution in [3.63, 3.8) is 0 Å². The fraction of sp³-hybridized carbons (Fsp3) is 0.579. The van der Waals surface area contributed by atoms with E-state index < -0.39 is 6.10 Å². The molecule has 0 aromatic carbocycles. The van der Waals surface area contributed by atoms with Crippen LogP contribution in [0.5, 0.6) is 0 Å². The molecule has 1 unspecified atom stereocenters. The molecule has 0 saturated heterocycles. The Morgan fingerprint density at radius 3 is 2.50 bits per heavy atom. The molecule has 0 spiro atoms. The molecule has 0 aromatic rings. The molecule has 0 bridgehead atoms. The van der Waals surface area contributed by atoms with Crippen LogP contribution in [-0.2, 0) is 14.3 Å². The molecule has 3 atom stereocenters. The summed E-state index contributed by atoms with van der Waals surface area (Å²) in [5.41, 5.74) is 2.72. The number of ketones is 1. The lowest BCUT2D eigenvalue weighted by Gasteiger charge is -2.13. The number of Topliss-reactive ketones (excluding diaryl/α,β-unsaturated/α-hetero) is 1. The second-order valence-corrected chi connectivity index (χ2v) is 7.22. The van der Waals surface area contributed by atoms with E-state index in [0.29, 0.717) is 5.57 Å².